The molecule has 0 radical (unpaired) electrons. The zero-order valence-corrected chi connectivity index (χ0v) is 13.3. The second kappa shape index (κ2) is 6.35. The maximum atomic E-state index is 13.6. The molecule has 5 nitrogen and oxygen atoms in total. The molecule has 3 rings (SSSR count). The Morgan fingerprint density at radius 2 is 1.96 bits per heavy atom. The highest BCUT2D eigenvalue weighted by molar-refractivity contribution is 5.99. The molecule has 0 aliphatic carbocycles. The summed E-state index contributed by atoms with van der Waals surface area (Å²) in [6, 6.07) is 5.56. The van der Waals surface area contributed by atoms with Crippen molar-refractivity contribution < 1.29 is 13.6 Å². The summed E-state index contributed by atoms with van der Waals surface area (Å²) in [5, 5.41) is 6.80. The van der Waals surface area contributed by atoms with Gasteiger partial charge in [0.05, 0.1) is 6.20 Å². The Bertz CT molecular complexity index is 900. The molecule has 0 saturated heterocycles. The van der Waals surface area contributed by atoms with E-state index in [1.807, 2.05) is 19.9 Å². The Labute approximate surface area is 137 Å². The first-order valence-electron chi connectivity index (χ1n) is 7.50. The summed E-state index contributed by atoms with van der Waals surface area (Å²) in [5.41, 5.74) is 2.40. The number of carbonyl (C=O) groups excluding carboxylic acids is 1. The number of rotatable bonds is 4. The number of amides is 1. The molecule has 24 heavy (non-hydrogen) atoms. The van der Waals surface area contributed by atoms with E-state index in [4.69, 9.17) is 0 Å². The molecule has 0 saturated carbocycles. The summed E-state index contributed by atoms with van der Waals surface area (Å²) in [7, 11) is 0. The second-order valence-corrected chi connectivity index (χ2v) is 5.54. The predicted octanol–water partition coefficient (Wildman–Crippen LogP) is 2.60. The van der Waals surface area contributed by atoms with E-state index in [-0.39, 0.29) is 24.4 Å². The lowest BCUT2D eigenvalue weighted by atomic mass is 10.1. The lowest BCUT2D eigenvalue weighted by Gasteiger charge is -2.07. The van der Waals surface area contributed by atoms with Gasteiger partial charge in [0.1, 0.15) is 17.2 Å². The fourth-order valence-electron chi connectivity index (χ4n) is 2.60. The Morgan fingerprint density at radius 3 is 2.67 bits per heavy atom. The van der Waals surface area contributed by atoms with E-state index in [1.54, 1.807) is 4.52 Å². The third-order valence-corrected chi connectivity index (χ3v) is 3.74. The van der Waals surface area contributed by atoms with Crippen molar-refractivity contribution in [1.82, 2.24) is 19.9 Å². The van der Waals surface area contributed by atoms with Crippen LogP contribution in [0.4, 0.5) is 8.78 Å². The number of fused-ring (bicyclic) bond motifs is 1. The molecule has 7 heteroatoms. The number of hydrogen-bond acceptors (Lipinski definition) is 3. The molecule has 0 fully saturated rings. The van der Waals surface area contributed by atoms with Gasteiger partial charge in [-0.25, -0.2) is 18.3 Å². The number of halogens is 2. The van der Waals surface area contributed by atoms with Gasteiger partial charge < -0.3 is 5.32 Å². The van der Waals surface area contributed by atoms with Crippen molar-refractivity contribution in [3.05, 3.63) is 64.6 Å². The highest BCUT2D eigenvalue weighted by Gasteiger charge is 2.16. The minimum absolute atomic E-state index is 0.0394. The Balaban J connectivity index is 1.74. The average molecular weight is 330 g/mol. The molecule has 0 unspecified atom stereocenters. The molecule has 2 aromatic heterocycles. The molecule has 0 spiro atoms. The molecule has 3 aromatic rings. The highest BCUT2D eigenvalue weighted by Crippen LogP contribution is 2.13. The van der Waals surface area contributed by atoms with E-state index in [0.29, 0.717) is 11.2 Å². The number of aromatic nitrogens is 3. The van der Waals surface area contributed by atoms with Crippen LogP contribution in [0.2, 0.25) is 0 Å². The van der Waals surface area contributed by atoms with Gasteiger partial charge in [0, 0.05) is 23.5 Å². The second-order valence-electron chi connectivity index (χ2n) is 5.54. The standard InChI is InChI=1S/C17H16F2N4O/c1-10-8-11(2)23-16(22-10)13(9-21-23)17(24)20-7-6-12-14(18)4-3-5-15(12)19/h3-5,8-9H,6-7H2,1-2H3,(H,20,24). The van der Waals surface area contributed by atoms with Crippen LogP contribution in [-0.2, 0) is 6.42 Å². The van der Waals surface area contributed by atoms with Crippen LogP contribution in [0.5, 0.6) is 0 Å². The normalized spacial score (nSPS) is 11.0. The number of benzene rings is 1. The lowest BCUT2D eigenvalue weighted by Crippen LogP contribution is -2.26. The molecule has 2 heterocycles. The van der Waals surface area contributed by atoms with Gasteiger partial charge in [0.15, 0.2) is 5.65 Å². The summed E-state index contributed by atoms with van der Waals surface area (Å²) in [6.07, 6.45) is 1.50. The first kappa shape index (κ1) is 16.0. The van der Waals surface area contributed by atoms with Gasteiger partial charge in [-0.2, -0.15) is 5.10 Å². The van der Waals surface area contributed by atoms with Crippen LogP contribution in [0.3, 0.4) is 0 Å². The molecule has 0 bridgehead atoms. The van der Waals surface area contributed by atoms with Crippen LogP contribution in [0.1, 0.15) is 27.3 Å². The molecular weight excluding hydrogens is 314 g/mol. The molecule has 124 valence electrons. The minimum atomic E-state index is -0.617. The SMILES string of the molecule is Cc1cc(C)n2ncc(C(=O)NCCc3c(F)cccc3F)c2n1. The van der Waals surface area contributed by atoms with Gasteiger partial charge >= 0.3 is 0 Å². The van der Waals surface area contributed by atoms with Gasteiger partial charge in [0.25, 0.3) is 5.91 Å². The number of hydrogen-bond donors (Lipinski definition) is 1. The zero-order chi connectivity index (χ0) is 17.3. The molecule has 0 aliphatic rings. The van der Waals surface area contributed by atoms with E-state index in [9.17, 15) is 13.6 Å². The van der Waals surface area contributed by atoms with Gasteiger partial charge in [-0.1, -0.05) is 6.07 Å². The largest absolute Gasteiger partial charge is 0.352 e. The predicted molar refractivity (Wildman–Crippen MR) is 84.9 cm³/mol. The Hall–Kier alpha value is -2.83. The third-order valence-electron chi connectivity index (χ3n) is 3.74. The fraction of sp³-hybridized carbons (Fsp3) is 0.235. The van der Waals surface area contributed by atoms with E-state index in [2.05, 4.69) is 15.4 Å². The molecule has 0 aliphatic heterocycles. The quantitative estimate of drug-likeness (QED) is 0.800. The number of carbonyl (C=O) groups is 1. The smallest absolute Gasteiger partial charge is 0.256 e. The summed E-state index contributed by atoms with van der Waals surface area (Å²) >= 11 is 0. The van der Waals surface area contributed by atoms with Gasteiger partial charge in [-0.05, 0) is 38.5 Å². The zero-order valence-electron chi connectivity index (χ0n) is 13.3. The summed E-state index contributed by atoms with van der Waals surface area (Å²) < 4.78 is 28.7. The van der Waals surface area contributed by atoms with Crippen molar-refractivity contribution in [3.8, 4) is 0 Å². The third kappa shape index (κ3) is 2.97. The molecule has 1 N–H and O–H groups in total. The van der Waals surface area contributed by atoms with Crippen LogP contribution in [0.15, 0.2) is 30.5 Å². The Kier molecular flexibility index (Phi) is 4.24. The topological polar surface area (TPSA) is 59.3 Å². The van der Waals surface area contributed by atoms with Crippen LogP contribution in [0, 0.1) is 25.5 Å². The highest BCUT2D eigenvalue weighted by atomic mass is 19.1. The molecule has 0 atom stereocenters. The van der Waals surface area contributed by atoms with Gasteiger partial charge in [-0.3, -0.25) is 4.79 Å². The Morgan fingerprint density at radius 1 is 1.25 bits per heavy atom. The van der Waals surface area contributed by atoms with Crippen LogP contribution < -0.4 is 5.32 Å². The minimum Gasteiger partial charge on any atom is -0.352 e. The van der Waals surface area contributed by atoms with Crippen LogP contribution in [-0.4, -0.2) is 27.0 Å². The number of aryl methyl sites for hydroxylation is 2. The molecule has 1 aromatic carbocycles. The van der Waals surface area contributed by atoms with Crippen LogP contribution >= 0.6 is 0 Å². The van der Waals surface area contributed by atoms with Crippen molar-refractivity contribution in [2.45, 2.75) is 20.3 Å². The first-order chi connectivity index (χ1) is 11.5. The molecular formula is C17H16F2N4O. The summed E-state index contributed by atoms with van der Waals surface area (Å²) in [4.78, 5) is 16.6. The maximum Gasteiger partial charge on any atom is 0.256 e. The van der Waals surface area contributed by atoms with Crippen molar-refractivity contribution in [2.24, 2.45) is 0 Å². The molecule has 1 amide bonds. The summed E-state index contributed by atoms with van der Waals surface area (Å²) in [6.45, 7) is 3.82. The van der Waals surface area contributed by atoms with Crippen molar-refractivity contribution in [1.29, 1.82) is 0 Å². The van der Waals surface area contributed by atoms with E-state index < -0.39 is 11.6 Å². The fourth-order valence-corrected chi connectivity index (χ4v) is 2.60. The number of nitrogens with one attached hydrogen (secondary N) is 1. The van der Waals surface area contributed by atoms with E-state index >= 15 is 0 Å². The maximum absolute atomic E-state index is 13.6. The van der Waals surface area contributed by atoms with Crippen molar-refractivity contribution in [2.75, 3.05) is 6.54 Å². The van der Waals surface area contributed by atoms with Crippen molar-refractivity contribution >= 4 is 11.6 Å². The van der Waals surface area contributed by atoms with Gasteiger partial charge in [0.2, 0.25) is 0 Å². The average Bonchev–Trinajstić information content (AvgIpc) is 2.94. The van der Waals surface area contributed by atoms with Crippen molar-refractivity contribution in [3.63, 3.8) is 0 Å². The van der Waals surface area contributed by atoms with E-state index in [0.717, 1.165) is 11.4 Å². The number of nitrogens with zero attached hydrogens (tertiary/aromatic N) is 3. The van der Waals surface area contributed by atoms with Gasteiger partial charge in [-0.15, -0.1) is 0 Å². The summed E-state index contributed by atoms with van der Waals surface area (Å²) in [5.74, 6) is -1.61. The lowest BCUT2D eigenvalue weighted by molar-refractivity contribution is 0.0955. The van der Waals surface area contributed by atoms with E-state index in [1.165, 1.54) is 24.4 Å². The monoisotopic (exact) mass is 330 g/mol. The first-order valence-corrected chi connectivity index (χ1v) is 7.50. The van der Waals surface area contributed by atoms with Crippen LogP contribution in [0.25, 0.3) is 5.65 Å².